The Morgan fingerprint density at radius 2 is 2.23 bits per heavy atom. The van der Waals surface area contributed by atoms with Gasteiger partial charge in [0.05, 0.1) is 24.7 Å². The molecule has 1 N–H and O–H groups in total. The van der Waals surface area contributed by atoms with Crippen LogP contribution in [-0.4, -0.2) is 36.6 Å². The summed E-state index contributed by atoms with van der Waals surface area (Å²) >= 11 is 1.43. The number of anilines is 1. The van der Waals surface area contributed by atoms with Crippen LogP contribution in [0.15, 0.2) is 29.1 Å². The first-order valence-electron chi connectivity index (χ1n) is 10.0. The summed E-state index contributed by atoms with van der Waals surface area (Å²) in [6.45, 7) is 5.46. The molecule has 0 fully saturated rings. The van der Waals surface area contributed by atoms with Crippen molar-refractivity contribution in [1.29, 1.82) is 5.26 Å². The number of hydrogen-bond acceptors (Lipinski definition) is 6. The van der Waals surface area contributed by atoms with E-state index in [2.05, 4.69) is 11.4 Å². The molecule has 30 heavy (non-hydrogen) atoms. The topological polar surface area (TPSA) is 95.6 Å². The van der Waals surface area contributed by atoms with Gasteiger partial charge in [-0.3, -0.25) is 4.79 Å². The van der Waals surface area contributed by atoms with Gasteiger partial charge in [-0.05, 0) is 56.7 Å². The van der Waals surface area contributed by atoms with Gasteiger partial charge in [-0.1, -0.05) is 0 Å². The van der Waals surface area contributed by atoms with Gasteiger partial charge in [0.2, 0.25) is 5.91 Å². The number of nitrogens with zero attached hydrogens (tertiary/aromatic N) is 2. The molecule has 0 saturated carbocycles. The predicted octanol–water partition coefficient (Wildman–Crippen LogP) is 4.45. The maximum absolute atomic E-state index is 12.3. The number of hydrogen-bond donors (Lipinski definition) is 1. The van der Waals surface area contributed by atoms with Crippen molar-refractivity contribution in [2.75, 3.05) is 25.0 Å². The van der Waals surface area contributed by atoms with Crippen molar-refractivity contribution < 1.29 is 18.7 Å². The van der Waals surface area contributed by atoms with Crippen LogP contribution in [0.3, 0.4) is 0 Å². The van der Waals surface area contributed by atoms with E-state index in [0.717, 1.165) is 35.3 Å². The van der Waals surface area contributed by atoms with Crippen LogP contribution in [-0.2, 0) is 22.4 Å². The van der Waals surface area contributed by atoms with Crippen LogP contribution < -0.4 is 5.32 Å². The Morgan fingerprint density at radius 1 is 1.43 bits per heavy atom. The maximum atomic E-state index is 12.3. The van der Waals surface area contributed by atoms with Crippen LogP contribution in [0.1, 0.15) is 41.8 Å². The fraction of sp³-hybridized carbons (Fsp3) is 0.409. The van der Waals surface area contributed by atoms with Crippen LogP contribution in [0.2, 0.25) is 0 Å². The Balaban J connectivity index is 1.63. The highest BCUT2D eigenvalue weighted by Crippen LogP contribution is 2.39. The number of carbonyl (C=O) groups is 2. The number of nitriles is 1. The molecule has 158 valence electrons. The number of fused-ring (bicyclic) bond motifs is 1. The lowest BCUT2D eigenvalue weighted by Crippen LogP contribution is -2.33. The molecule has 1 atom stereocenters. The molecule has 7 nitrogen and oxygen atoms in total. The monoisotopic (exact) mass is 427 g/mol. The van der Waals surface area contributed by atoms with Gasteiger partial charge < -0.3 is 19.4 Å². The molecule has 1 unspecified atom stereocenters. The van der Waals surface area contributed by atoms with Crippen molar-refractivity contribution in [3.63, 3.8) is 0 Å². The fourth-order valence-corrected chi connectivity index (χ4v) is 4.78. The zero-order valence-corrected chi connectivity index (χ0v) is 18.0. The Hall–Kier alpha value is -3.05. The molecule has 2 heterocycles. The lowest BCUT2D eigenvalue weighted by Gasteiger charge is -2.24. The second-order valence-electron chi connectivity index (χ2n) is 7.06. The number of rotatable bonds is 7. The number of furan rings is 1. The standard InChI is InChI=1S/C22H25N3O4S/c1-3-25(4-2)22(27)29-14-16-5-7-17-18(12-23)21(30-19(17)11-16)24-20(26)8-6-15-9-10-28-13-15/h6,8-10,13,16H,3-5,7,11,14H2,1-2H3,(H,24,26). The maximum Gasteiger partial charge on any atom is 0.409 e. The molecule has 0 aromatic carbocycles. The van der Waals surface area contributed by atoms with Gasteiger partial charge in [0.15, 0.2) is 0 Å². The van der Waals surface area contributed by atoms with E-state index in [1.165, 1.54) is 23.7 Å². The molecule has 2 amide bonds. The van der Waals surface area contributed by atoms with Gasteiger partial charge in [-0.25, -0.2) is 4.79 Å². The minimum atomic E-state index is -0.295. The first kappa shape index (κ1) is 21.7. The highest BCUT2D eigenvalue weighted by molar-refractivity contribution is 7.16. The van der Waals surface area contributed by atoms with Crippen molar-refractivity contribution in [1.82, 2.24) is 4.90 Å². The smallest absolute Gasteiger partial charge is 0.409 e. The van der Waals surface area contributed by atoms with Crippen molar-refractivity contribution in [3.8, 4) is 6.07 Å². The summed E-state index contributed by atoms with van der Waals surface area (Å²) in [5.41, 5.74) is 2.33. The summed E-state index contributed by atoms with van der Waals surface area (Å²) in [7, 11) is 0. The molecule has 3 rings (SSSR count). The SMILES string of the molecule is CCN(CC)C(=O)OCC1CCc2c(sc(NC(=O)C=Cc3ccoc3)c2C#N)C1. The van der Waals surface area contributed by atoms with Gasteiger partial charge >= 0.3 is 6.09 Å². The van der Waals surface area contributed by atoms with Crippen LogP contribution >= 0.6 is 11.3 Å². The zero-order valence-electron chi connectivity index (χ0n) is 17.1. The largest absolute Gasteiger partial charge is 0.472 e. The Morgan fingerprint density at radius 3 is 2.90 bits per heavy atom. The minimum absolute atomic E-state index is 0.215. The second kappa shape index (κ2) is 10.1. The number of thiophene rings is 1. The van der Waals surface area contributed by atoms with E-state index >= 15 is 0 Å². The third kappa shape index (κ3) is 5.10. The van der Waals surface area contributed by atoms with Crippen molar-refractivity contribution >= 4 is 34.4 Å². The highest BCUT2D eigenvalue weighted by Gasteiger charge is 2.27. The lowest BCUT2D eigenvalue weighted by atomic mass is 9.88. The fourth-order valence-electron chi connectivity index (χ4n) is 3.46. The number of carbonyl (C=O) groups excluding carboxylic acids is 2. The van der Waals surface area contributed by atoms with Crippen LogP contribution in [0, 0.1) is 17.2 Å². The number of nitrogens with one attached hydrogen (secondary N) is 1. The van der Waals surface area contributed by atoms with Gasteiger partial charge in [-0.15, -0.1) is 11.3 Å². The Kier molecular flexibility index (Phi) is 7.31. The van der Waals surface area contributed by atoms with Gasteiger partial charge in [0.1, 0.15) is 11.1 Å². The zero-order chi connectivity index (χ0) is 21.5. The van der Waals surface area contributed by atoms with Gasteiger partial charge in [0, 0.05) is 29.6 Å². The first-order chi connectivity index (χ1) is 14.5. The number of ether oxygens (including phenoxy) is 1. The van der Waals surface area contributed by atoms with E-state index in [1.54, 1.807) is 23.3 Å². The Bertz CT molecular complexity index is 952. The van der Waals surface area contributed by atoms with E-state index in [4.69, 9.17) is 9.15 Å². The second-order valence-corrected chi connectivity index (χ2v) is 8.16. The highest BCUT2D eigenvalue weighted by atomic mass is 32.1. The van der Waals surface area contributed by atoms with Gasteiger partial charge in [-0.2, -0.15) is 5.26 Å². The van der Waals surface area contributed by atoms with Crippen molar-refractivity contribution in [2.24, 2.45) is 5.92 Å². The molecule has 2 aromatic heterocycles. The van der Waals surface area contributed by atoms with E-state index < -0.39 is 0 Å². The quantitative estimate of drug-likeness (QED) is 0.659. The van der Waals surface area contributed by atoms with Crippen LogP contribution in [0.25, 0.3) is 6.08 Å². The summed E-state index contributed by atoms with van der Waals surface area (Å²) in [5.74, 6) is -0.0808. The molecule has 0 spiro atoms. The van der Waals surface area contributed by atoms with Gasteiger partial charge in [0.25, 0.3) is 0 Å². The molecular formula is C22H25N3O4S. The lowest BCUT2D eigenvalue weighted by molar-refractivity contribution is -0.111. The summed E-state index contributed by atoms with van der Waals surface area (Å²) < 4.78 is 10.4. The molecular weight excluding hydrogens is 402 g/mol. The first-order valence-corrected chi connectivity index (χ1v) is 10.8. The van der Waals surface area contributed by atoms with E-state index in [9.17, 15) is 14.9 Å². The number of amides is 2. The average molecular weight is 428 g/mol. The molecule has 2 aromatic rings. The predicted molar refractivity (Wildman–Crippen MR) is 115 cm³/mol. The summed E-state index contributed by atoms with van der Waals surface area (Å²) in [4.78, 5) is 27.1. The van der Waals surface area contributed by atoms with Crippen molar-refractivity contribution in [2.45, 2.75) is 33.1 Å². The van der Waals surface area contributed by atoms with Crippen LogP contribution in [0.5, 0.6) is 0 Å². The molecule has 0 radical (unpaired) electrons. The van der Waals surface area contributed by atoms with E-state index in [1.807, 2.05) is 13.8 Å². The molecule has 1 aliphatic carbocycles. The molecule has 0 saturated heterocycles. The Labute approximate surface area is 179 Å². The molecule has 0 aliphatic heterocycles. The minimum Gasteiger partial charge on any atom is -0.472 e. The summed E-state index contributed by atoms with van der Waals surface area (Å²) in [5, 5.41) is 13.0. The third-order valence-electron chi connectivity index (χ3n) is 5.15. The molecule has 0 bridgehead atoms. The molecule has 8 heteroatoms. The third-order valence-corrected chi connectivity index (χ3v) is 6.32. The average Bonchev–Trinajstić information content (AvgIpc) is 3.38. The summed E-state index contributed by atoms with van der Waals surface area (Å²) in [6.07, 6.45) is 8.18. The normalized spacial score (nSPS) is 15.4. The van der Waals surface area contributed by atoms with Crippen molar-refractivity contribution in [3.05, 3.63) is 46.2 Å². The summed E-state index contributed by atoms with van der Waals surface area (Å²) in [6, 6.07) is 3.99. The van der Waals surface area contributed by atoms with E-state index in [0.29, 0.717) is 30.3 Å². The molecule has 1 aliphatic rings. The van der Waals surface area contributed by atoms with E-state index in [-0.39, 0.29) is 17.9 Å². The van der Waals surface area contributed by atoms with Crippen LogP contribution in [0.4, 0.5) is 9.80 Å².